The van der Waals surface area contributed by atoms with Gasteiger partial charge < -0.3 is 24.6 Å². The predicted octanol–water partition coefficient (Wildman–Crippen LogP) is 6.88. The van der Waals surface area contributed by atoms with E-state index >= 15 is 0 Å². The van der Waals surface area contributed by atoms with Gasteiger partial charge in [0.2, 0.25) is 0 Å². The van der Waals surface area contributed by atoms with Crippen LogP contribution in [0, 0.1) is 5.92 Å². The van der Waals surface area contributed by atoms with Crippen LogP contribution in [0.1, 0.15) is 96.2 Å². The van der Waals surface area contributed by atoms with E-state index in [4.69, 9.17) is 14.1 Å². The van der Waals surface area contributed by atoms with Crippen LogP contribution in [-0.4, -0.2) is 34.1 Å². The fourth-order valence-electron chi connectivity index (χ4n) is 5.81. The molecule has 210 valence electrons. The Morgan fingerprint density at radius 3 is 2.55 bits per heavy atom. The number of fused-ring (bicyclic) bond motifs is 1. The molecule has 0 unspecified atom stereocenters. The number of methoxy groups -OCH3 is 1. The number of ether oxygens (including phenoxy) is 1. The maximum absolute atomic E-state index is 13.3. The van der Waals surface area contributed by atoms with Crippen molar-refractivity contribution in [2.75, 3.05) is 7.11 Å². The SMILES string of the molecule is COC(=O)c1c(CCC2CCCCC2)nc2c(C(C)C)[nH]c(O)c2c1-c1ccc(C(=O)NCc2ccco2)cc1. The lowest BCUT2D eigenvalue weighted by molar-refractivity contribution is 0.0599. The molecule has 40 heavy (non-hydrogen) atoms. The van der Waals surface area contributed by atoms with Crippen LogP contribution < -0.4 is 5.32 Å². The van der Waals surface area contributed by atoms with Gasteiger partial charge in [-0.2, -0.15) is 0 Å². The van der Waals surface area contributed by atoms with Gasteiger partial charge in [0.15, 0.2) is 5.88 Å². The first-order chi connectivity index (χ1) is 19.4. The van der Waals surface area contributed by atoms with E-state index < -0.39 is 5.97 Å². The lowest BCUT2D eigenvalue weighted by Crippen LogP contribution is -2.22. The standard InChI is InChI=1S/C32H37N3O5/c1-19(2)28-29-27(31(37)35-28)25(21-12-14-22(15-13-21)30(36)33-18-23-10-7-17-40-23)26(32(38)39-3)24(34-29)16-11-20-8-5-4-6-9-20/h7,10,12-15,17,19-20,35,37H,4-6,8-9,11,16,18H2,1-3H3,(H,33,36). The fourth-order valence-corrected chi connectivity index (χ4v) is 5.81. The molecule has 0 bridgehead atoms. The maximum atomic E-state index is 13.3. The molecule has 1 aliphatic carbocycles. The Kier molecular flexibility index (Phi) is 8.24. The average molecular weight is 544 g/mol. The Hall–Kier alpha value is -4.07. The van der Waals surface area contributed by atoms with Gasteiger partial charge in [-0.1, -0.05) is 58.1 Å². The van der Waals surface area contributed by atoms with Gasteiger partial charge in [0.1, 0.15) is 5.76 Å². The number of rotatable bonds is 9. The summed E-state index contributed by atoms with van der Waals surface area (Å²) in [6.45, 7) is 4.36. The van der Waals surface area contributed by atoms with E-state index in [0.717, 1.165) is 12.1 Å². The summed E-state index contributed by atoms with van der Waals surface area (Å²) in [5, 5.41) is 14.4. The van der Waals surface area contributed by atoms with E-state index in [9.17, 15) is 14.7 Å². The molecule has 4 aromatic rings. The van der Waals surface area contributed by atoms with Crippen LogP contribution >= 0.6 is 0 Å². The Morgan fingerprint density at radius 2 is 1.90 bits per heavy atom. The monoisotopic (exact) mass is 543 g/mol. The minimum Gasteiger partial charge on any atom is -0.494 e. The van der Waals surface area contributed by atoms with E-state index in [0.29, 0.717) is 56.9 Å². The average Bonchev–Trinajstić information content (AvgIpc) is 3.62. The molecule has 0 atom stereocenters. The maximum Gasteiger partial charge on any atom is 0.340 e. The third kappa shape index (κ3) is 5.62. The van der Waals surface area contributed by atoms with Gasteiger partial charge in [-0.25, -0.2) is 9.78 Å². The molecule has 0 spiro atoms. The third-order valence-corrected chi connectivity index (χ3v) is 7.94. The molecule has 1 aliphatic rings. The molecule has 5 rings (SSSR count). The zero-order valence-electron chi connectivity index (χ0n) is 23.4. The van der Waals surface area contributed by atoms with Crippen LogP contribution in [0.25, 0.3) is 22.0 Å². The number of hydrogen-bond donors (Lipinski definition) is 3. The summed E-state index contributed by atoms with van der Waals surface area (Å²) in [6.07, 6.45) is 9.35. The largest absolute Gasteiger partial charge is 0.494 e. The summed E-state index contributed by atoms with van der Waals surface area (Å²) in [7, 11) is 1.37. The molecule has 0 saturated heterocycles. The number of carbonyl (C=O) groups excluding carboxylic acids is 2. The number of nitrogens with one attached hydrogen (secondary N) is 2. The van der Waals surface area contributed by atoms with Gasteiger partial charge in [-0.15, -0.1) is 0 Å². The summed E-state index contributed by atoms with van der Waals surface area (Å²) < 4.78 is 10.6. The minimum atomic E-state index is -0.491. The third-order valence-electron chi connectivity index (χ3n) is 7.94. The summed E-state index contributed by atoms with van der Waals surface area (Å²) in [5.41, 5.74) is 4.26. The number of aryl methyl sites for hydroxylation is 1. The molecule has 1 aromatic carbocycles. The van der Waals surface area contributed by atoms with Crippen LogP contribution in [0.5, 0.6) is 5.88 Å². The van der Waals surface area contributed by atoms with Crippen molar-refractivity contribution in [2.24, 2.45) is 5.92 Å². The number of aromatic hydroxyl groups is 1. The number of hydrogen-bond acceptors (Lipinski definition) is 6. The van der Waals surface area contributed by atoms with Gasteiger partial charge in [-0.05, 0) is 54.5 Å². The highest BCUT2D eigenvalue weighted by Crippen LogP contribution is 2.42. The van der Waals surface area contributed by atoms with E-state index in [1.165, 1.54) is 39.2 Å². The quantitative estimate of drug-likeness (QED) is 0.198. The Balaban J connectivity index is 1.57. The van der Waals surface area contributed by atoms with E-state index in [2.05, 4.69) is 10.3 Å². The van der Waals surface area contributed by atoms with Crippen molar-refractivity contribution in [2.45, 2.75) is 71.3 Å². The molecule has 0 aliphatic heterocycles. The van der Waals surface area contributed by atoms with Gasteiger partial charge in [0, 0.05) is 16.8 Å². The second-order valence-electron chi connectivity index (χ2n) is 10.9. The van der Waals surface area contributed by atoms with Gasteiger partial charge >= 0.3 is 5.97 Å². The number of aromatic amines is 1. The predicted molar refractivity (Wildman–Crippen MR) is 153 cm³/mol. The number of carbonyl (C=O) groups is 2. The van der Waals surface area contributed by atoms with E-state index in [1.807, 2.05) is 13.8 Å². The van der Waals surface area contributed by atoms with Gasteiger partial charge in [0.25, 0.3) is 5.91 Å². The molecule has 3 N–H and O–H groups in total. The fraction of sp³-hybridized carbons (Fsp3) is 0.406. The van der Waals surface area contributed by atoms with Crippen LogP contribution in [0.4, 0.5) is 0 Å². The number of esters is 1. The number of benzene rings is 1. The molecule has 0 radical (unpaired) electrons. The molecule has 8 nitrogen and oxygen atoms in total. The second-order valence-corrected chi connectivity index (χ2v) is 10.9. The highest BCUT2D eigenvalue weighted by Gasteiger charge is 2.28. The van der Waals surface area contributed by atoms with Crippen molar-refractivity contribution in [3.8, 4) is 17.0 Å². The second kappa shape index (κ2) is 12.0. The summed E-state index contributed by atoms with van der Waals surface area (Å²) in [4.78, 5) is 34.2. The summed E-state index contributed by atoms with van der Waals surface area (Å²) in [5.74, 6) is 0.593. The van der Waals surface area contributed by atoms with Gasteiger partial charge in [0.05, 0.1) is 42.1 Å². The first kappa shape index (κ1) is 27.5. The van der Waals surface area contributed by atoms with Crippen molar-refractivity contribution in [1.29, 1.82) is 0 Å². The number of furan rings is 1. The molecule has 3 aromatic heterocycles. The lowest BCUT2D eigenvalue weighted by atomic mass is 9.84. The number of amides is 1. The Labute approximate surface area is 234 Å². The first-order valence-electron chi connectivity index (χ1n) is 14.1. The lowest BCUT2D eigenvalue weighted by Gasteiger charge is -2.22. The zero-order valence-corrected chi connectivity index (χ0v) is 23.4. The molecule has 8 heteroatoms. The van der Waals surface area contributed by atoms with Crippen LogP contribution in [0.2, 0.25) is 0 Å². The highest BCUT2D eigenvalue weighted by molar-refractivity contribution is 6.10. The smallest absolute Gasteiger partial charge is 0.340 e. The minimum absolute atomic E-state index is 0.0366. The number of nitrogens with zero attached hydrogens (tertiary/aromatic N) is 1. The van der Waals surface area contributed by atoms with Crippen LogP contribution in [0.3, 0.4) is 0 Å². The van der Waals surface area contributed by atoms with Crippen molar-refractivity contribution >= 4 is 22.8 Å². The van der Waals surface area contributed by atoms with Crippen molar-refractivity contribution in [3.63, 3.8) is 0 Å². The Morgan fingerprint density at radius 1 is 1.15 bits per heavy atom. The highest BCUT2D eigenvalue weighted by atomic mass is 16.5. The molecule has 1 fully saturated rings. The summed E-state index contributed by atoms with van der Waals surface area (Å²) in [6, 6.07) is 10.6. The van der Waals surface area contributed by atoms with Crippen molar-refractivity contribution in [1.82, 2.24) is 15.3 Å². The van der Waals surface area contributed by atoms with E-state index in [1.54, 1.807) is 42.7 Å². The number of aromatic nitrogens is 2. The normalized spacial score (nSPS) is 14.1. The summed E-state index contributed by atoms with van der Waals surface area (Å²) >= 11 is 0. The Bertz CT molecular complexity index is 1480. The molecular formula is C32H37N3O5. The van der Waals surface area contributed by atoms with Gasteiger partial charge in [-0.3, -0.25) is 4.79 Å². The zero-order chi connectivity index (χ0) is 28.2. The van der Waals surface area contributed by atoms with Crippen molar-refractivity contribution in [3.05, 3.63) is 70.9 Å². The number of pyridine rings is 1. The van der Waals surface area contributed by atoms with E-state index in [-0.39, 0.29) is 24.2 Å². The van der Waals surface area contributed by atoms with Crippen molar-refractivity contribution < 1.29 is 23.8 Å². The topological polar surface area (TPSA) is 117 Å². The van der Waals surface area contributed by atoms with Crippen LogP contribution in [-0.2, 0) is 17.7 Å². The van der Waals surface area contributed by atoms with Crippen LogP contribution in [0.15, 0.2) is 47.1 Å². The number of H-pyrrole nitrogens is 1. The molecule has 1 saturated carbocycles. The molecule has 3 heterocycles. The molecular weight excluding hydrogens is 506 g/mol. The molecule has 1 amide bonds. The first-order valence-corrected chi connectivity index (χ1v) is 14.1.